The number of thioether (sulfide) groups is 1. The molecule has 0 saturated heterocycles. The highest BCUT2D eigenvalue weighted by Crippen LogP contribution is 2.43. The molecule has 102 valence electrons. The number of esters is 1. The van der Waals surface area contributed by atoms with Crippen molar-refractivity contribution in [2.45, 2.75) is 17.3 Å². The monoisotopic (exact) mass is 309 g/mol. The number of carbonyl (C=O) groups is 1. The Morgan fingerprint density at radius 3 is 2.63 bits per heavy atom. The molecule has 0 bridgehead atoms. The maximum atomic E-state index is 12.4. The SMILES string of the molecule is CCOC(=O)c1ccc(C#N)c(SC(F)(F)F)c1Cl. The first-order chi connectivity index (χ1) is 8.80. The lowest BCUT2D eigenvalue weighted by atomic mass is 10.1. The molecule has 0 heterocycles. The number of ether oxygens (including phenoxy) is 1. The Hall–Kier alpha value is -1.39. The van der Waals surface area contributed by atoms with Gasteiger partial charge in [0.05, 0.1) is 27.7 Å². The zero-order valence-corrected chi connectivity index (χ0v) is 11.1. The van der Waals surface area contributed by atoms with Crippen molar-refractivity contribution in [2.75, 3.05) is 6.61 Å². The molecular formula is C11H7ClF3NO2S. The average Bonchev–Trinajstić information content (AvgIpc) is 2.30. The number of hydrogen-bond donors (Lipinski definition) is 0. The summed E-state index contributed by atoms with van der Waals surface area (Å²) in [6.45, 7) is 1.62. The Balaban J connectivity index is 3.31. The Labute approximate surface area is 116 Å². The van der Waals surface area contributed by atoms with Crippen molar-refractivity contribution in [3.8, 4) is 6.07 Å². The maximum absolute atomic E-state index is 12.4. The molecule has 3 nitrogen and oxygen atoms in total. The van der Waals surface area contributed by atoms with Crippen molar-refractivity contribution < 1.29 is 22.7 Å². The van der Waals surface area contributed by atoms with Gasteiger partial charge in [-0.3, -0.25) is 0 Å². The zero-order chi connectivity index (χ0) is 14.6. The lowest BCUT2D eigenvalue weighted by Gasteiger charge is -2.12. The van der Waals surface area contributed by atoms with Crippen LogP contribution in [0.1, 0.15) is 22.8 Å². The third-order valence-electron chi connectivity index (χ3n) is 1.93. The van der Waals surface area contributed by atoms with Gasteiger partial charge in [0, 0.05) is 0 Å². The molecule has 8 heteroatoms. The summed E-state index contributed by atoms with van der Waals surface area (Å²) in [5.41, 5.74) is -5.06. The highest BCUT2D eigenvalue weighted by molar-refractivity contribution is 8.00. The summed E-state index contributed by atoms with van der Waals surface area (Å²) in [5, 5.41) is 8.34. The second kappa shape index (κ2) is 6.17. The molecule has 1 aromatic carbocycles. The van der Waals surface area contributed by atoms with Crippen LogP contribution in [0.15, 0.2) is 17.0 Å². The van der Waals surface area contributed by atoms with E-state index >= 15 is 0 Å². The van der Waals surface area contributed by atoms with Gasteiger partial charge in [-0.05, 0) is 30.8 Å². The summed E-state index contributed by atoms with van der Waals surface area (Å²) in [6, 6.07) is 3.87. The average molecular weight is 310 g/mol. The quantitative estimate of drug-likeness (QED) is 0.625. The van der Waals surface area contributed by atoms with Crippen molar-refractivity contribution in [3.63, 3.8) is 0 Å². The molecule has 0 atom stereocenters. The summed E-state index contributed by atoms with van der Waals surface area (Å²) in [7, 11) is 0. The number of carbonyl (C=O) groups excluding carboxylic acids is 1. The second-order valence-corrected chi connectivity index (χ2v) is 4.64. The number of nitrogens with zero attached hydrogens (tertiary/aromatic N) is 1. The van der Waals surface area contributed by atoms with Crippen LogP contribution in [0.2, 0.25) is 5.02 Å². The molecule has 0 radical (unpaired) electrons. The van der Waals surface area contributed by atoms with E-state index in [-0.39, 0.29) is 17.7 Å². The molecule has 0 aliphatic carbocycles. The first kappa shape index (κ1) is 15.7. The van der Waals surface area contributed by atoms with E-state index in [0.29, 0.717) is 0 Å². The van der Waals surface area contributed by atoms with E-state index < -0.39 is 33.2 Å². The van der Waals surface area contributed by atoms with Gasteiger partial charge in [0.2, 0.25) is 0 Å². The van der Waals surface area contributed by atoms with E-state index in [1.54, 1.807) is 13.0 Å². The van der Waals surface area contributed by atoms with Crippen LogP contribution in [0.25, 0.3) is 0 Å². The molecule has 0 spiro atoms. The number of rotatable bonds is 3. The first-order valence-corrected chi connectivity index (χ1v) is 6.15. The molecule has 0 fully saturated rings. The Morgan fingerprint density at radius 1 is 1.53 bits per heavy atom. The molecule has 19 heavy (non-hydrogen) atoms. The van der Waals surface area contributed by atoms with Gasteiger partial charge in [-0.2, -0.15) is 18.4 Å². The highest BCUT2D eigenvalue weighted by atomic mass is 35.5. The van der Waals surface area contributed by atoms with Crippen LogP contribution in [0, 0.1) is 11.3 Å². The molecule has 0 unspecified atom stereocenters. The minimum atomic E-state index is -4.61. The van der Waals surface area contributed by atoms with Crippen molar-refractivity contribution >= 4 is 29.3 Å². The third-order valence-corrected chi connectivity index (χ3v) is 3.29. The fraction of sp³-hybridized carbons (Fsp3) is 0.273. The van der Waals surface area contributed by atoms with Crippen LogP contribution < -0.4 is 0 Å². The van der Waals surface area contributed by atoms with Gasteiger partial charge >= 0.3 is 11.5 Å². The van der Waals surface area contributed by atoms with E-state index in [1.165, 1.54) is 6.07 Å². The van der Waals surface area contributed by atoms with Gasteiger partial charge in [0.1, 0.15) is 6.07 Å². The number of benzene rings is 1. The molecule has 0 amide bonds. The highest BCUT2D eigenvalue weighted by Gasteiger charge is 2.33. The molecule has 0 N–H and O–H groups in total. The number of nitriles is 1. The van der Waals surface area contributed by atoms with E-state index in [0.717, 1.165) is 6.07 Å². The van der Waals surface area contributed by atoms with Gasteiger partial charge < -0.3 is 4.74 Å². The fourth-order valence-electron chi connectivity index (χ4n) is 1.23. The van der Waals surface area contributed by atoms with Crippen molar-refractivity contribution in [1.29, 1.82) is 5.26 Å². The lowest BCUT2D eigenvalue weighted by molar-refractivity contribution is -0.0328. The van der Waals surface area contributed by atoms with Crippen LogP contribution in [-0.2, 0) is 4.74 Å². The second-order valence-electron chi connectivity index (χ2n) is 3.18. The third kappa shape index (κ3) is 4.04. The van der Waals surface area contributed by atoms with E-state index in [4.69, 9.17) is 16.9 Å². The van der Waals surface area contributed by atoms with Crippen LogP contribution in [0.3, 0.4) is 0 Å². The van der Waals surface area contributed by atoms with Gasteiger partial charge in [-0.25, -0.2) is 4.79 Å². The summed E-state index contributed by atoms with van der Waals surface area (Å²) >= 11 is 5.22. The maximum Gasteiger partial charge on any atom is 0.446 e. The summed E-state index contributed by atoms with van der Waals surface area (Å²) in [4.78, 5) is 11.0. The first-order valence-electron chi connectivity index (χ1n) is 4.95. The zero-order valence-electron chi connectivity index (χ0n) is 9.55. The summed E-state index contributed by atoms with van der Waals surface area (Å²) < 4.78 is 41.9. The van der Waals surface area contributed by atoms with Gasteiger partial charge in [0.15, 0.2) is 0 Å². The predicted molar refractivity (Wildman–Crippen MR) is 64.0 cm³/mol. The minimum Gasteiger partial charge on any atom is -0.462 e. The van der Waals surface area contributed by atoms with Crippen molar-refractivity contribution in [3.05, 3.63) is 28.3 Å². The molecule has 0 aliphatic heterocycles. The Morgan fingerprint density at radius 2 is 2.16 bits per heavy atom. The molecule has 1 aromatic rings. The summed E-state index contributed by atoms with van der Waals surface area (Å²) in [6.07, 6.45) is 0. The molecular weight excluding hydrogens is 303 g/mol. The summed E-state index contributed by atoms with van der Waals surface area (Å²) in [5.74, 6) is -0.832. The van der Waals surface area contributed by atoms with E-state index in [1.807, 2.05) is 0 Å². The van der Waals surface area contributed by atoms with Crippen molar-refractivity contribution in [2.24, 2.45) is 0 Å². The van der Waals surface area contributed by atoms with Crippen LogP contribution in [-0.4, -0.2) is 18.1 Å². The van der Waals surface area contributed by atoms with Gasteiger partial charge in [-0.1, -0.05) is 11.6 Å². The Bertz CT molecular complexity index is 540. The number of halogens is 4. The van der Waals surface area contributed by atoms with Crippen LogP contribution in [0.5, 0.6) is 0 Å². The molecule has 0 saturated carbocycles. The fourth-order valence-corrected chi connectivity index (χ4v) is 2.24. The van der Waals surface area contributed by atoms with Crippen molar-refractivity contribution in [1.82, 2.24) is 0 Å². The van der Waals surface area contributed by atoms with Crippen LogP contribution in [0.4, 0.5) is 13.2 Å². The normalized spacial score (nSPS) is 10.9. The van der Waals surface area contributed by atoms with Crippen LogP contribution >= 0.6 is 23.4 Å². The predicted octanol–water partition coefficient (Wildman–Crippen LogP) is 4.00. The van der Waals surface area contributed by atoms with Gasteiger partial charge in [-0.15, -0.1) is 0 Å². The van der Waals surface area contributed by atoms with Gasteiger partial charge in [0.25, 0.3) is 0 Å². The number of hydrogen-bond acceptors (Lipinski definition) is 4. The smallest absolute Gasteiger partial charge is 0.446 e. The molecule has 0 aromatic heterocycles. The standard InChI is InChI=1S/C11H7ClF3NO2S/c1-2-18-10(17)7-4-3-6(5-16)9(8(7)12)19-11(13,14)15/h3-4H,2H2,1H3. The van der Waals surface area contributed by atoms with E-state index in [9.17, 15) is 18.0 Å². The molecule has 1 rings (SSSR count). The van der Waals surface area contributed by atoms with E-state index in [2.05, 4.69) is 4.74 Å². The molecule has 0 aliphatic rings. The topological polar surface area (TPSA) is 50.1 Å². The Kier molecular flexibility index (Phi) is 5.09. The largest absolute Gasteiger partial charge is 0.462 e. The lowest BCUT2D eigenvalue weighted by Crippen LogP contribution is -2.08. The minimum absolute atomic E-state index is 0.0664. The number of alkyl halides is 3.